The second-order valence-corrected chi connectivity index (χ2v) is 7.72. The first-order valence-corrected chi connectivity index (χ1v) is 10.7. The molecule has 0 spiro atoms. The smallest absolute Gasteiger partial charge is 0.338 e. The highest BCUT2D eigenvalue weighted by Crippen LogP contribution is 2.21. The number of rotatable bonds is 9. The quantitative estimate of drug-likeness (QED) is 0.353. The van der Waals surface area contributed by atoms with Gasteiger partial charge in [0.1, 0.15) is 5.82 Å². The minimum atomic E-state index is -0.362. The molecule has 30 heavy (non-hydrogen) atoms. The standard InChI is InChI=1S/C21H21ClN4O3S/c1-2-3-10-29-20(28)14-4-7-16(8-5-14)24-19(27)11-17-13-30-21(25-17)26-18-9-6-15(22)12-23-18/h4-9,12-13H,2-3,10-11H2,1H3,(H,24,27)(H,23,25,26). The fourth-order valence-corrected chi connectivity index (χ4v) is 3.29. The third-order valence-corrected chi connectivity index (χ3v) is 5.02. The Labute approximate surface area is 183 Å². The maximum absolute atomic E-state index is 12.3. The molecule has 7 nitrogen and oxygen atoms in total. The van der Waals surface area contributed by atoms with Gasteiger partial charge in [0, 0.05) is 17.3 Å². The van der Waals surface area contributed by atoms with Crippen LogP contribution in [-0.4, -0.2) is 28.5 Å². The number of hydrogen-bond acceptors (Lipinski definition) is 7. The predicted octanol–water partition coefficient (Wildman–Crippen LogP) is 5.07. The number of anilines is 3. The van der Waals surface area contributed by atoms with Crippen molar-refractivity contribution in [1.29, 1.82) is 0 Å². The largest absolute Gasteiger partial charge is 0.462 e. The molecule has 9 heteroatoms. The first kappa shape index (κ1) is 21.7. The number of halogens is 1. The van der Waals surface area contributed by atoms with E-state index in [0.717, 1.165) is 12.8 Å². The lowest BCUT2D eigenvalue weighted by atomic mass is 10.2. The summed E-state index contributed by atoms with van der Waals surface area (Å²) < 4.78 is 5.17. The van der Waals surface area contributed by atoms with E-state index in [1.165, 1.54) is 11.3 Å². The molecule has 0 saturated heterocycles. The molecule has 0 fully saturated rings. The molecule has 156 valence electrons. The van der Waals surface area contributed by atoms with Gasteiger partial charge in [-0.05, 0) is 42.8 Å². The maximum Gasteiger partial charge on any atom is 0.338 e. The van der Waals surface area contributed by atoms with E-state index in [-0.39, 0.29) is 18.3 Å². The maximum atomic E-state index is 12.3. The van der Waals surface area contributed by atoms with Crippen LogP contribution in [0.2, 0.25) is 5.02 Å². The number of ether oxygens (including phenoxy) is 1. The number of unbranched alkanes of at least 4 members (excludes halogenated alkanes) is 1. The summed E-state index contributed by atoms with van der Waals surface area (Å²) in [4.78, 5) is 32.8. The molecule has 0 radical (unpaired) electrons. The Kier molecular flexibility index (Phi) is 7.75. The lowest BCUT2D eigenvalue weighted by Gasteiger charge is -2.06. The zero-order valence-corrected chi connectivity index (χ0v) is 17.9. The predicted molar refractivity (Wildman–Crippen MR) is 119 cm³/mol. The summed E-state index contributed by atoms with van der Waals surface area (Å²) in [5.74, 6) is 0.0619. The van der Waals surface area contributed by atoms with Crippen LogP contribution in [-0.2, 0) is 16.0 Å². The van der Waals surface area contributed by atoms with Gasteiger partial charge in [0.25, 0.3) is 0 Å². The molecule has 0 aliphatic carbocycles. The Morgan fingerprint density at radius 1 is 1.17 bits per heavy atom. The number of amides is 1. The third kappa shape index (κ3) is 6.53. The summed E-state index contributed by atoms with van der Waals surface area (Å²) in [6.45, 7) is 2.44. The summed E-state index contributed by atoms with van der Waals surface area (Å²) in [6, 6.07) is 10.1. The molecular weight excluding hydrogens is 424 g/mol. The Morgan fingerprint density at radius 2 is 1.97 bits per heavy atom. The molecular formula is C21H21ClN4O3S. The van der Waals surface area contributed by atoms with Gasteiger partial charge in [-0.25, -0.2) is 14.8 Å². The van der Waals surface area contributed by atoms with Crippen LogP contribution in [0.15, 0.2) is 48.0 Å². The van der Waals surface area contributed by atoms with E-state index in [1.807, 2.05) is 12.3 Å². The van der Waals surface area contributed by atoms with Crippen LogP contribution in [0.3, 0.4) is 0 Å². The first-order chi connectivity index (χ1) is 14.5. The number of esters is 1. The van der Waals surface area contributed by atoms with E-state index in [0.29, 0.717) is 39.5 Å². The van der Waals surface area contributed by atoms with Crippen molar-refractivity contribution >= 4 is 51.5 Å². The van der Waals surface area contributed by atoms with Crippen molar-refractivity contribution in [1.82, 2.24) is 9.97 Å². The summed E-state index contributed by atoms with van der Waals surface area (Å²) in [6.07, 6.45) is 3.48. The van der Waals surface area contributed by atoms with Gasteiger partial charge in [0.15, 0.2) is 5.13 Å². The van der Waals surface area contributed by atoms with E-state index >= 15 is 0 Å². The minimum Gasteiger partial charge on any atom is -0.462 e. The number of thiazole rings is 1. The number of pyridine rings is 1. The molecule has 1 amide bonds. The highest BCUT2D eigenvalue weighted by molar-refractivity contribution is 7.13. The zero-order chi connectivity index (χ0) is 21.3. The molecule has 3 aromatic rings. The number of benzene rings is 1. The zero-order valence-electron chi connectivity index (χ0n) is 16.4. The van der Waals surface area contributed by atoms with Crippen LogP contribution in [0.4, 0.5) is 16.6 Å². The Bertz CT molecular complexity index is 990. The van der Waals surface area contributed by atoms with Crippen LogP contribution in [0, 0.1) is 0 Å². The SMILES string of the molecule is CCCCOC(=O)c1ccc(NC(=O)Cc2csc(Nc3ccc(Cl)cn3)n2)cc1. The van der Waals surface area contributed by atoms with Gasteiger partial charge in [-0.1, -0.05) is 24.9 Å². The van der Waals surface area contributed by atoms with Crippen molar-refractivity contribution in [2.75, 3.05) is 17.2 Å². The van der Waals surface area contributed by atoms with Crippen LogP contribution in [0.25, 0.3) is 0 Å². The molecule has 0 saturated carbocycles. The first-order valence-electron chi connectivity index (χ1n) is 9.43. The van der Waals surface area contributed by atoms with E-state index in [4.69, 9.17) is 16.3 Å². The Morgan fingerprint density at radius 3 is 2.67 bits per heavy atom. The van der Waals surface area contributed by atoms with E-state index in [1.54, 1.807) is 42.6 Å². The minimum absolute atomic E-state index is 0.132. The molecule has 0 aliphatic heterocycles. The summed E-state index contributed by atoms with van der Waals surface area (Å²) in [5, 5.41) is 8.88. The molecule has 0 aliphatic rings. The molecule has 0 atom stereocenters. The van der Waals surface area contributed by atoms with Gasteiger partial charge in [-0.3, -0.25) is 4.79 Å². The van der Waals surface area contributed by atoms with Crippen LogP contribution in [0.5, 0.6) is 0 Å². The van der Waals surface area contributed by atoms with E-state index in [9.17, 15) is 9.59 Å². The van der Waals surface area contributed by atoms with Crippen molar-refractivity contribution < 1.29 is 14.3 Å². The van der Waals surface area contributed by atoms with Crippen molar-refractivity contribution in [2.24, 2.45) is 0 Å². The van der Waals surface area contributed by atoms with Gasteiger partial charge in [0.05, 0.1) is 29.3 Å². The molecule has 2 heterocycles. The lowest BCUT2D eigenvalue weighted by Crippen LogP contribution is -2.15. The number of hydrogen-bond donors (Lipinski definition) is 2. The van der Waals surface area contributed by atoms with Crippen molar-refractivity contribution in [3.63, 3.8) is 0 Å². The molecule has 2 N–H and O–H groups in total. The van der Waals surface area contributed by atoms with E-state index in [2.05, 4.69) is 20.6 Å². The number of carbonyl (C=O) groups excluding carboxylic acids is 2. The fraction of sp³-hybridized carbons (Fsp3) is 0.238. The monoisotopic (exact) mass is 444 g/mol. The number of carbonyl (C=O) groups is 2. The number of nitrogens with zero attached hydrogens (tertiary/aromatic N) is 2. The van der Waals surface area contributed by atoms with Gasteiger partial charge in [-0.15, -0.1) is 11.3 Å². The third-order valence-electron chi connectivity index (χ3n) is 3.99. The van der Waals surface area contributed by atoms with Crippen molar-refractivity contribution in [3.8, 4) is 0 Å². The summed E-state index contributed by atoms with van der Waals surface area (Å²) >= 11 is 7.21. The second-order valence-electron chi connectivity index (χ2n) is 6.42. The molecule has 3 rings (SSSR count). The van der Waals surface area contributed by atoms with E-state index < -0.39 is 0 Å². The Balaban J connectivity index is 1.50. The van der Waals surface area contributed by atoms with Gasteiger partial charge in [-0.2, -0.15) is 0 Å². The van der Waals surface area contributed by atoms with Crippen molar-refractivity contribution in [2.45, 2.75) is 26.2 Å². The lowest BCUT2D eigenvalue weighted by molar-refractivity contribution is -0.115. The highest BCUT2D eigenvalue weighted by atomic mass is 35.5. The van der Waals surface area contributed by atoms with Crippen LogP contribution in [0.1, 0.15) is 35.8 Å². The topological polar surface area (TPSA) is 93.2 Å². The van der Waals surface area contributed by atoms with Gasteiger partial charge >= 0.3 is 5.97 Å². The average Bonchev–Trinajstić information content (AvgIpc) is 3.17. The Hall–Kier alpha value is -2.97. The fourth-order valence-electron chi connectivity index (χ4n) is 2.46. The molecule has 0 bridgehead atoms. The van der Waals surface area contributed by atoms with Crippen molar-refractivity contribution in [3.05, 3.63) is 64.3 Å². The highest BCUT2D eigenvalue weighted by Gasteiger charge is 2.10. The molecule has 2 aromatic heterocycles. The van der Waals surface area contributed by atoms with Crippen LogP contribution >= 0.6 is 22.9 Å². The normalized spacial score (nSPS) is 10.5. The second kappa shape index (κ2) is 10.7. The number of aromatic nitrogens is 2. The van der Waals surface area contributed by atoms with Crippen LogP contribution < -0.4 is 10.6 Å². The average molecular weight is 445 g/mol. The number of nitrogens with one attached hydrogen (secondary N) is 2. The molecule has 1 aromatic carbocycles. The summed E-state index contributed by atoms with van der Waals surface area (Å²) in [5.41, 5.74) is 1.70. The van der Waals surface area contributed by atoms with Gasteiger partial charge < -0.3 is 15.4 Å². The van der Waals surface area contributed by atoms with Gasteiger partial charge in [0.2, 0.25) is 5.91 Å². The molecule has 0 unspecified atom stereocenters. The summed E-state index contributed by atoms with van der Waals surface area (Å²) in [7, 11) is 0.